The highest BCUT2D eigenvalue weighted by Crippen LogP contribution is 2.35. The Hall–Kier alpha value is -3.09. The molecule has 0 saturated heterocycles. The minimum absolute atomic E-state index is 0.0806. The molecule has 7 heteroatoms. The lowest BCUT2D eigenvalue weighted by Gasteiger charge is -2.15. The number of nitrogens with zero attached hydrogens (tertiary/aromatic N) is 2. The molecule has 0 aliphatic rings. The van der Waals surface area contributed by atoms with Gasteiger partial charge in [0.25, 0.3) is 0 Å². The van der Waals surface area contributed by atoms with Crippen LogP contribution < -0.4 is 10.6 Å². The van der Waals surface area contributed by atoms with Crippen molar-refractivity contribution in [3.8, 4) is 0 Å². The molecule has 1 aromatic heterocycles. The van der Waals surface area contributed by atoms with E-state index in [0.29, 0.717) is 11.4 Å². The molecule has 0 unspecified atom stereocenters. The highest BCUT2D eigenvalue weighted by atomic mass is 19.4. The first-order valence-electron chi connectivity index (χ1n) is 7.93. The number of hydrogen-bond acceptors (Lipinski definition) is 4. The van der Waals surface area contributed by atoms with Gasteiger partial charge in [0, 0.05) is 17.6 Å². The van der Waals surface area contributed by atoms with Gasteiger partial charge in [0.15, 0.2) is 0 Å². The smallest absolute Gasteiger partial charge is 0.340 e. The zero-order valence-corrected chi connectivity index (χ0v) is 14.2. The zero-order valence-electron chi connectivity index (χ0n) is 14.2. The number of aromatic nitrogens is 2. The Kier molecular flexibility index (Phi) is 4.79. The van der Waals surface area contributed by atoms with Crippen molar-refractivity contribution in [2.75, 3.05) is 10.6 Å². The number of nitrogens with one attached hydrogen (secondary N) is 2. The lowest BCUT2D eigenvalue weighted by Crippen LogP contribution is -2.12. The fraction of sp³-hybridized carbons (Fsp3) is 0.158. The Bertz CT molecular complexity index is 905. The summed E-state index contributed by atoms with van der Waals surface area (Å²) < 4.78 is 39.9. The van der Waals surface area contributed by atoms with Gasteiger partial charge >= 0.3 is 6.18 Å². The van der Waals surface area contributed by atoms with E-state index in [0.717, 1.165) is 17.3 Å². The fourth-order valence-corrected chi connectivity index (χ4v) is 2.37. The number of hydrogen-bond donors (Lipinski definition) is 2. The van der Waals surface area contributed by atoms with Crippen LogP contribution in [-0.2, 0) is 6.18 Å². The van der Waals surface area contributed by atoms with Crippen molar-refractivity contribution in [3.63, 3.8) is 0 Å². The van der Waals surface area contributed by atoms with Crippen LogP contribution in [-0.4, -0.2) is 9.97 Å². The molecular weight excluding hydrogens is 341 g/mol. The first kappa shape index (κ1) is 17.7. The Labute approximate surface area is 149 Å². The van der Waals surface area contributed by atoms with Gasteiger partial charge in [-0.05, 0) is 43.7 Å². The van der Waals surface area contributed by atoms with Crippen molar-refractivity contribution in [3.05, 3.63) is 71.4 Å². The van der Waals surface area contributed by atoms with Crippen molar-refractivity contribution < 1.29 is 13.2 Å². The van der Waals surface area contributed by atoms with Gasteiger partial charge in [0.05, 0.1) is 0 Å². The lowest BCUT2D eigenvalue weighted by molar-refractivity contribution is -0.137. The molecule has 3 rings (SSSR count). The molecule has 0 fully saturated rings. The molecule has 2 N–H and O–H groups in total. The molecule has 3 aromatic rings. The molecular formula is C19H17F3N4. The number of alkyl halides is 3. The van der Waals surface area contributed by atoms with E-state index in [-0.39, 0.29) is 11.8 Å². The summed E-state index contributed by atoms with van der Waals surface area (Å²) in [5.74, 6) is -0.218. The third-order valence-corrected chi connectivity index (χ3v) is 3.68. The third-order valence-electron chi connectivity index (χ3n) is 3.68. The van der Waals surface area contributed by atoms with Crippen LogP contribution in [0.5, 0.6) is 0 Å². The molecule has 0 radical (unpaired) electrons. The van der Waals surface area contributed by atoms with Gasteiger partial charge in [-0.1, -0.05) is 29.8 Å². The Morgan fingerprint density at radius 1 is 0.846 bits per heavy atom. The Balaban J connectivity index is 1.94. The molecule has 0 saturated carbocycles. The summed E-state index contributed by atoms with van der Waals surface area (Å²) in [4.78, 5) is 7.83. The molecule has 1 heterocycles. The van der Waals surface area contributed by atoms with Gasteiger partial charge in [-0.15, -0.1) is 0 Å². The van der Waals surface area contributed by atoms with Crippen molar-refractivity contribution in [2.45, 2.75) is 20.0 Å². The van der Waals surface area contributed by atoms with E-state index < -0.39 is 11.7 Å². The van der Waals surface area contributed by atoms with Gasteiger partial charge in [0.2, 0.25) is 5.95 Å². The normalized spacial score (nSPS) is 11.3. The standard InChI is InChI=1S/C19H17F3N4/c1-12-6-8-14(9-7-12)25-18-23-11-16(19(20,21)22)17(26-18)24-15-5-3-4-13(2)10-15/h3-11H,1-2H3,(H2,23,24,25,26). The average Bonchev–Trinajstić information content (AvgIpc) is 2.56. The summed E-state index contributed by atoms with van der Waals surface area (Å²) in [6, 6.07) is 14.4. The van der Waals surface area contributed by atoms with E-state index in [2.05, 4.69) is 20.6 Å². The van der Waals surface area contributed by atoms with E-state index in [9.17, 15) is 13.2 Å². The minimum Gasteiger partial charge on any atom is -0.340 e. The molecule has 0 spiro atoms. The Morgan fingerprint density at radius 3 is 2.23 bits per heavy atom. The SMILES string of the molecule is Cc1ccc(Nc2ncc(C(F)(F)F)c(Nc3cccc(C)c3)n2)cc1. The van der Waals surface area contributed by atoms with E-state index >= 15 is 0 Å². The largest absolute Gasteiger partial charge is 0.421 e. The monoisotopic (exact) mass is 358 g/mol. The second-order valence-corrected chi connectivity index (χ2v) is 5.94. The van der Waals surface area contributed by atoms with Gasteiger partial charge < -0.3 is 10.6 Å². The molecule has 0 aliphatic heterocycles. The lowest BCUT2D eigenvalue weighted by atomic mass is 10.2. The van der Waals surface area contributed by atoms with Gasteiger partial charge in [-0.3, -0.25) is 0 Å². The molecule has 0 atom stereocenters. The van der Waals surface area contributed by atoms with E-state index in [4.69, 9.17) is 0 Å². The van der Waals surface area contributed by atoms with Crippen molar-refractivity contribution in [2.24, 2.45) is 0 Å². The predicted molar refractivity (Wildman–Crippen MR) is 96.0 cm³/mol. The van der Waals surface area contributed by atoms with Crippen molar-refractivity contribution >= 4 is 23.1 Å². The van der Waals surface area contributed by atoms with Crippen LogP contribution in [0.3, 0.4) is 0 Å². The molecule has 0 aliphatic carbocycles. The summed E-state index contributed by atoms with van der Waals surface area (Å²) in [5, 5.41) is 5.66. The third kappa shape index (κ3) is 4.30. The van der Waals surface area contributed by atoms with Crippen LogP contribution in [0, 0.1) is 13.8 Å². The molecule has 134 valence electrons. The van der Waals surface area contributed by atoms with Crippen molar-refractivity contribution in [1.82, 2.24) is 9.97 Å². The van der Waals surface area contributed by atoms with Gasteiger partial charge in [-0.25, -0.2) is 4.98 Å². The van der Waals surface area contributed by atoms with Crippen LogP contribution in [0.15, 0.2) is 54.7 Å². The average molecular weight is 358 g/mol. The van der Waals surface area contributed by atoms with Gasteiger partial charge in [-0.2, -0.15) is 18.2 Å². The molecule has 0 amide bonds. The van der Waals surface area contributed by atoms with Crippen LogP contribution >= 0.6 is 0 Å². The van der Waals surface area contributed by atoms with Crippen LogP contribution in [0.1, 0.15) is 16.7 Å². The minimum atomic E-state index is -4.56. The van der Waals surface area contributed by atoms with E-state index in [1.165, 1.54) is 0 Å². The molecule has 0 bridgehead atoms. The van der Waals surface area contributed by atoms with Crippen LogP contribution in [0.2, 0.25) is 0 Å². The van der Waals surface area contributed by atoms with Gasteiger partial charge in [0.1, 0.15) is 11.4 Å². The summed E-state index contributed by atoms with van der Waals surface area (Å²) in [6.07, 6.45) is -3.78. The molecule has 2 aromatic carbocycles. The summed E-state index contributed by atoms with van der Waals surface area (Å²) in [5.41, 5.74) is 2.29. The first-order chi connectivity index (χ1) is 12.3. The van der Waals surface area contributed by atoms with Crippen LogP contribution in [0.4, 0.5) is 36.3 Å². The second kappa shape index (κ2) is 7.03. The topological polar surface area (TPSA) is 49.8 Å². The number of anilines is 4. The number of benzene rings is 2. The maximum absolute atomic E-state index is 13.3. The Morgan fingerprint density at radius 2 is 1.58 bits per heavy atom. The zero-order chi connectivity index (χ0) is 18.7. The highest BCUT2D eigenvalue weighted by Gasteiger charge is 2.35. The fourth-order valence-electron chi connectivity index (χ4n) is 2.37. The maximum atomic E-state index is 13.3. The number of halogens is 3. The summed E-state index contributed by atoms with van der Waals surface area (Å²) in [7, 11) is 0. The van der Waals surface area contributed by atoms with Crippen LogP contribution in [0.25, 0.3) is 0 Å². The van der Waals surface area contributed by atoms with E-state index in [1.807, 2.05) is 44.2 Å². The van der Waals surface area contributed by atoms with Crippen molar-refractivity contribution in [1.29, 1.82) is 0 Å². The second-order valence-electron chi connectivity index (χ2n) is 5.94. The molecule has 26 heavy (non-hydrogen) atoms. The summed E-state index contributed by atoms with van der Waals surface area (Å²) >= 11 is 0. The molecule has 4 nitrogen and oxygen atoms in total. The number of rotatable bonds is 4. The first-order valence-corrected chi connectivity index (χ1v) is 7.93. The predicted octanol–water partition coefficient (Wildman–Crippen LogP) is 5.60. The van der Waals surface area contributed by atoms with E-state index in [1.54, 1.807) is 18.2 Å². The quantitative estimate of drug-likeness (QED) is 0.637. The highest BCUT2D eigenvalue weighted by molar-refractivity contribution is 5.63. The summed E-state index contributed by atoms with van der Waals surface area (Å²) in [6.45, 7) is 3.81. The maximum Gasteiger partial charge on any atom is 0.421 e. The number of aryl methyl sites for hydroxylation is 2.